The van der Waals surface area contributed by atoms with Gasteiger partial charge in [-0.25, -0.2) is 9.37 Å². The molecule has 1 aliphatic heterocycles. The van der Waals surface area contributed by atoms with Gasteiger partial charge in [-0.1, -0.05) is 12.1 Å². The molecule has 5 heteroatoms. The number of carbonyl (C=O) groups is 1. The number of fused-ring (bicyclic) bond motifs is 1. The fourth-order valence-electron chi connectivity index (χ4n) is 1.79. The lowest BCUT2D eigenvalue weighted by Gasteiger charge is -2.17. The molecule has 0 spiro atoms. The number of hydrogen-bond acceptors (Lipinski definition) is 3. The van der Waals surface area contributed by atoms with Crippen molar-refractivity contribution in [1.82, 2.24) is 4.98 Å². The highest BCUT2D eigenvalue weighted by atomic mass is 19.1. The van der Waals surface area contributed by atoms with E-state index in [0.717, 1.165) is 5.56 Å². The van der Waals surface area contributed by atoms with Gasteiger partial charge in [-0.05, 0) is 23.8 Å². The fraction of sp³-hybridized carbons (Fsp3) is 0.0769. The number of anilines is 1. The SMILES string of the molecule is O=C1COc2cc(-c3cccc(F)c3)cnc2N1. The minimum absolute atomic E-state index is 0.0265. The Labute approximate surface area is 102 Å². The van der Waals surface area contributed by atoms with Gasteiger partial charge >= 0.3 is 0 Å². The van der Waals surface area contributed by atoms with E-state index in [1.807, 2.05) is 0 Å². The number of halogens is 1. The van der Waals surface area contributed by atoms with Crippen LogP contribution in [-0.2, 0) is 4.79 Å². The summed E-state index contributed by atoms with van der Waals surface area (Å²) in [6.07, 6.45) is 1.57. The number of benzene rings is 1. The number of hydrogen-bond donors (Lipinski definition) is 1. The van der Waals surface area contributed by atoms with Crippen molar-refractivity contribution in [2.24, 2.45) is 0 Å². The van der Waals surface area contributed by atoms with E-state index in [1.54, 1.807) is 24.4 Å². The Morgan fingerprint density at radius 2 is 2.17 bits per heavy atom. The van der Waals surface area contributed by atoms with Gasteiger partial charge in [0.25, 0.3) is 5.91 Å². The number of nitrogens with one attached hydrogen (secondary N) is 1. The molecule has 1 amide bonds. The summed E-state index contributed by atoms with van der Waals surface area (Å²) in [5.74, 6) is 0.357. The normalized spacial score (nSPS) is 13.5. The molecule has 0 unspecified atom stereocenters. The summed E-state index contributed by atoms with van der Waals surface area (Å²) in [6.45, 7) is -0.0265. The maximum Gasteiger partial charge on any atom is 0.263 e. The molecular formula is C13H9FN2O2. The number of aromatic nitrogens is 1. The molecule has 2 aromatic rings. The quantitative estimate of drug-likeness (QED) is 0.836. The average Bonchev–Trinajstić information content (AvgIpc) is 2.38. The van der Waals surface area contributed by atoms with Gasteiger partial charge in [0.15, 0.2) is 18.2 Å². The van der Waals surface area contributed by atoms with Crippen molar-refractivity contribution in [1.29, 1.82) is 0 Å². The van der Waals surface area contributed by atoms with Crippen molar-refractivity contribution in [3.63, 3.8) is 0 Å². The molecule has 0 saturated carbocycles. The highest BCUT2D eigenvalue weighted by Gasteiger charge is 2.17. The smallest absolute Gasteiger partial charge is 0.263 e. The van der Waals surface area contributed by atoms with E-state index >= 15 is 0 Å². The summed E-state index contributed by atoms with van der Waals surface area (Å²) in [4.78, 5) is 15.2. The third-order valence-corrected chi connectivity index (χ3v) is 2.63. The van der Waals surface area contributed by atoms with Crippen molar-refractivity contribution >= 4 is 11.7 Å². The highest BCUT2D eigenvalue weighted by Crippen LogP contribution is 2.30. The first-order valence-electron chi connectivity index (χ1n) is 5.41. The molecular weight excluding hydrogens is 235 g/mol. The molecule has 1 aromatic heterocycles. The van der Waals surface area contributed by atoms with Crippen LogP contribution in [0.2, 0.25) is 0 Å². The van der Waals surface area contributed by atoms with Crippen LogP contribution in [0.15, 0.2) is 36.5 Å². The number of pyridine rings is 1. The number of rotatable bonds is 1. The van der Waals surface area contributed by atoms with Gasteiger partial charge in [-0.15, -0.1) is 0 Å². The van der Waals surface area contributed by atoms with Crippen LogP contribution in [0.3, 0.4) is 0 Å². The summed E-state index contributed by atoms with van der Waals surface area (Å²) in [6, 6.07) is 7.95. The third kappa shape index (κ3) is 1.90. The summed E-state index contributed by atoms with van der Waals surface area (Å²) >= 11 is 0. The number of nitrogens with zero attached hydrogens (tertiary/aromatic N) is 1. The Kier molecular flexibility index (Phi) is 2.44. The van der Waals surface area contributed by atoms with Gasteiger partial charge < -0.3 is 10.1 Å². The van der Waals surface area contributed by atoms with E-state index in [1.165, 1.54) is 12.1 Å². The summed E-state index contributed by atoms with van der Waals surface area (Å²) < 4.78 is 18.4. The van der Waals surface area contributed by atoms with E-state index in [0.29, 0.717) is 17.1 Å². The molecule has 1 aromatic carbocycles. The van der Waals surface area contributed by atoms with Crippen molar-refractivity contribution in [3.05, 3.63) is 42.3 Å². The Balaban J connectivity index is 2.02. The Morgan fingerprint density at radius 1 is 1.28 bits per heavy atom. The predicted octanol–water partition coefficient (Wildman–Crippen LogP) is 2.22. The largest absolute Gasteiger partial charge is 0.480 e. The first-order valence-corrected chi connectivity index (χ1v) is 5.41. The van der Waals surface area contributed by atoms with Crippen molar-refractivity contribution in [3.8, 4) is 16.9 Å². The molecule has 0 atom stereocenters. The summed E-state index contributed by atoms with van der Waals surface area (Å²) in [5, 5.41) is 2.60. The van der Waals surface area contributed by atoms with Gasteiger partial charge in [-0.2, -0.15) is 0 Å². The van der Waals surface area contributed by atoms with Crippen LogP contribution in [0, 0.1) is 5.82 Å². The van der Waals surface area contributed by atoms with E-state index in [4.69, 9.17) is 4.74 Å². The molecule has 3 rings (SSSR count). The first-order chi connectivity index (χ1) is 8.72. The van der Waals surface area contributed by atoms with E-state index in [2.05, 4.69) is 10.3 Å². The van der Waals surface area contributed by atoms with Crippen LogP contribution in [-0.4, -0.2) is 17.5 Å². The summed E-state index contributed by atoms with van der Waals surface area (Å²) in [7, 11) is 0. The third-order valence-electron chi connectivity index (χ3n) is 2.63. The number of carbonyl (C=O) groups excluding carboxylic acids is 1. The molecule has 0 saturated heterocycles. The van der Waals surface area contributed by atoms with Gasteiger partial charge in [0.2, 0.25) is 0 Å². The van der Waals surface area contributed by atoms with Gasteiger partial charge in [0, 0.05) is 11.8 Å². The fourth-order valence-corrected chi connectivity index (χ4v) is 1.79. The minimum Gasteiger partial charge on any atom is -0.480 e. The van der Waals surface area contributed by atoms with Crippen LogP contribution in [0.25, 0.3) is 11.1 Å². The van der Waals surface area contributed by atoms with Crippen molar-refractivity contribution < 1.29 is 13.9 Å². The molecule has 0 bridgehead atoms. The molecule has 0 aliphatic carbocycles. The lowest BCUT2D eigenvalue weighted by molar-refractivity contribution is -0.118. The zero-order chi connectivity index (χ0) is 12.5. The highest BCUT2D eigenvalue weighted by molar-refractivity contribution is 5.94. The van der Waals surface area contributed by atoms with Crippen LogP contribution in [0.1, 0.15) is 0 Å². The molecule has 90 valence electrons. The molecule has 4 nitrogen and oxygen atoms in total. The molecule has 0 radical (unpaired) electrons. The molecule has 0 fully saturated rings. The monoisotopic (exact) mass is 244 g/mol. The Hall–Kier alpha value is -2.43. The first kappa shape index (κ1) is 10.7. The lowest BCUT2D eigenvalue weighted by Crippen LogP contribution is -2.26. The second-order valence-electron chi connectivity index (χ2n) is 3.92. The predicted molar refractivity (Wildman–Crippen MR) is 63.8 cm³/mol. The van der Waals surface area contributed by atoms with E-state index < -0.39 is 0 Å². The second kappa shape index (κ2) is 4.10. The maximum absolute atomic E-state index is 13.1. The zero-order valence-corrected chi connectivity index (χ0v) is 9.31. The Morgan fingerprint density at radius 3 is 3.00 bits per heavy atom. The summed E-state index contributed by atoms with van der Waals surface area (Å²) in [5.41, 5.74) is 1.45. The topological polar surface area (TPSA) is 51.2 Å². The lowest BCUT2D eigenvalue weighted by atomic mass is 10.1. The van der Waals surface area contributed by atoms with Gasteiger partial charge in [-0.3, -0.25) is 4.79 Å². The van der Waals surface area contributed by atoms with Crippen LogP contribution < -0.4 is 10.1 Å². The average molecular weight is 244 g/mol. The van der Waals surface area contributed by atoms with Crippen LogP contribution in [0.5, 0.6) is 5.75 Å². The van der Waals surface area contributed by atoms with E-state index in [-0.39, 0.29) is 18.3 Å². The number of ether oxygens (including phenoxy) is 1. The second-order valence-corrected chi connectivity index (χ2v) is 3.92. The molecule has 1 N–H and O–H groups in total. The van der Waals surface area contributed by atoms with Crippen LogP contribution >= 0.6 is 0 Å². The Bertz CT molecular complexity index is 628. The maximum atomic E-state index is 13.1. The van der Waals surface area contributed by atoms with Crippen LogP contribution in [0.4, 0.5) is 10.2 Å². The number of amides is 1. The van der Waals surface area contributed by atoms with Crippen molar-refractivity contribution in [2.45, 2.75) is 0 Å². The van der Waals surface area contributed by atoms with Gasteiger partial charge in [0.1, 0.15) is 5.82 Å². The molecule has 18 heavy (non-hydrogen) atoms. The molecule has 1 aliphatic rings. The minimum atomic E-state index is -0.306. The van der Waals surface area contributed by atoms with Gasteiger partial charge in [0.05, 0.1) is 0 Å². The standard InChI is InChI=1S/C13H9FN2O2/c14-10-3-1-2-8(4-10)9-5-11-13(15-6-9)16-12(17)7-18-11/h1-6H,7H2,(H,15,16,17). The molecule has 2 heterocycles. The van der Waals surface area contributed by atoms with E-state index in [9.17, 15) is 9.18 Å². The van der Waals surface area contributed by atoms with Crippen molar-refractivity contribution in [2.75, 3.05) is 11.9 Å². The zero-order valence-electron chi connectivity index (χ0n) is 9.31.